The van der Waals surface area contributed by atoms with Gasteiger partial charge in [0.15, 0.2) is 0 Å². The number of carbonyl (C=O) groups excluding carboxylic acids is 2. The minimum Gasteiger partial charge on any atom is -0.458 e. The van der Waals surface area contributed by atoms with Crippen molar-refractivity contribution in [3.8, 4) is 0 Å². The molecular formula is C14H18O4. The second-order valence-electron chi connectivity index (χ2n) is 6.22. The Morgan fingerprint density at radius 2 is 2.22 bits per heavy atom. The highest BCUT2D eigenvalue weighted by atomic mass is 16.6. The molecule has 0 N–H and O–H groups in total. The minimum absolute atomic E-state index is 0.0210. The molecular weight excluding hydrogens is 232 g/mol. The lowest BCUT2D eigenvalue weighted by Gasteiger charge is -2.33. The van der Waals surface area contributed by atoms with Gasteiger partial charge < -0.3 is 9.47 Å². The van der Waals surface area contributed by atoms with Crippen LogP contribution in [0.25, 0.3) is 0 Å². The fourth-order valence-corrected chi connectivity index (χ4v) is 4.23. The topological polar surface area (TPSA) is 52.6 Å². The summed E-state index contributed by atoms with van der Waals surface area (Å²) < 4.78 is 11.0. The van der Waals surface area contributed by atoms with E-state index >= 15 is 0 Å². The Hall–Kier alpha value is -1.32. The van der Waals surface area contributed by atoms with Crippen LogP contribution >= 0.6 is 0 Å². The number of hydrogen-bond acceptors (Lipinski definition) is 4. The van der Waals surface area contributed by atoms with E-state index in [2.05, 4.69) is 20.4 Å². The molecule has 0 aromatic heterocycles. The van der Waals surface area contributed by atoms with Gasteiger partial charge in [0.2, 0.25) is 0 Å². The van der Waals surface area contributed by atoms with E-state index in [0.717, 1.165) is 6.42 Å². The fourth-order valence-electron chi connectivity index (χ4n) is 4.23. The molecule has 2 bridgehead atoms. The summed E-state index contributed by atoms with van der Waals surface area (Å²) in [4.78, 5) is 23.6. The molecule has 0 aromatic carbocycles. The normalized spacial score (nSPS) is 48.2. The minimum atomic E-state index is -0.386. The molecule has 2 aliphatic carbocycles. The molecule has 0 amide bonds. The first-order chi connectivity index (χ1) is 8.36. The molecule has 3 aliphatic rings. The molecule has 6 unspecified atom stereocenters. The van der Waals surface area contributed by atoms with Crippen LogP contribution in [0.1, 0.15) is 27.2 Å². The van der Waals surface area contributed by atoms with Crippen LogP contribution in [-0.2, 0) is 19.1 Å². The monoisotopic (exact) mass is 250 g/mol. The smallest absolute Gasteiger partial charge is 0.333 e. The van der Waals surface area contributed by atoms with Gasteiger partial charge in [0.05, 0.1) is 5.92 Å². The molecule has 0 aromatic rings. The summed E-state index contributed by atoms with van der Waals surface area (Å²) in [6.45, 7) is 9.36. The fraction of sp³-hybridized carbons (Fsp3) is 0.714. The van der Waals surface area contributed by atoms with Crippen molar-refractivity contribution in [3.63, 3.8) is 0 Å². The largest absolute Gasteiger partial charge is 0.458 e. The van der Waals surface area contributed by atoms with E-state index in [-0.39, 0.29) is 47.3 Å². The molecule has 0 radical (unpaired) electrons. The first kappa shape index (κ1) is 11.8. The Balaban J connectivity index is 1.90. The van der Waals surface area contributed by atoms with E-state index in [4.69, 9.17) is 9.47 Å². The van der Waals surface area contributed by atoms with Gasteiger partial charge in [-0.25, -0.2) is 4.79 Å². The molecule has 3 rings (SSSR count). The van der Waals surface area contributed by atoms with Crippen LogP contribution in [-0.4, -0.2) is 24.1 Å². The van der Waals surface area contributed by atoms with Crippen molar-refractivity contribution in [2.24, 2.45) is 23.2 Å². The van der Waals surface area contributed by atoms with E-state index in [9.17, 15) is 9.59 Å². The second kappa shape index (κ2) is 3.37. The van der Waals surface area contributed by atoms with Crippen LogP contribution in [0.3, 0.4) is 0 Å². The van der Waals surface area contributed by atoms with Crippen molar-refractivity contribution in [1.82, 2.24) is 0 Å². The van der Waals surface area contributed by atoms with E-state index < -0.39 is 0 Å². The van der Waals surface area contributed by atoms with Crippen LogP contribution in [0, 0.1) is 23.2 Å². The van der Waals surface area contributed by atoms with Crippen molar-refractivity contribution in [1.29, 1.82) is 0 Å². The van der Waals surface area contributed by atoms with Crippen molar-refractivity contribution in [2.75, 3.05) is 0 Å². The maximum atomic E-state index is 11.9. The van der Waals surface area contributed by atoms with Crippen LogP contribution in [0.2, 0.25) is 0 Å². The van der Waals surface area contributed by atoms with Crippen molar-refractivity contribution in [2.45, 2.75) is 39.4 Å². The van der Waals surface area contributed by atoms with Gasteiger partial charge in [-0.2, -0.15) is 0 Å². The Bertz CT molecular complexity index is 455. The maximum Gasteiger partial charge on any atom is 0.333 e. The SMILES string of the molecule is C=C(C)C(=O)OC1C2CC3(C)C1OC(=O)C3C2C. The van der Waals surface area contributed by atoms with Crippen LogP contribution in [0.4, 0.5) is 0 Å². The lowest BCUT2D eigenvalue weighted by molar-refractivity contribution is -0.159. The number of carbonyl (C=O) groups is 2. The van der Waals surface area contributed by atoms with Gasteiger partial charge in [-0.05, 0) is 19.3 Å². The molecule has 2 saturated carbocycles. The lowest BCUT2D eigenvalue weighted by atomic mass is 9.71. The molecule has 98 valence electrons. The van der Waals surface area contributed by atoms with E-state index in [1.807, 2.05) is 0 Å². The zero-order valence-corrected chi connectivity index (χ0v) is 10.9. The summed E-state index contributed by atoms with van der Waals surface area (Å²) in [5, 5.41) is 0. The van der Waals surface area contributed by atoms with Crippen molar-refractivity contribution >= 4 is 11.9 Å². The van der Waals surface area contributed by atoms with Gasteiger partial charge in [-0.15, -0.1) is 0 Å². The predicted octanol–water partition coefficient (Wildman–Crippen LogP) is 1.69. The van der Waals surface area contributed by atoms with Gasteiger partial charge in [0.25, 0.3) is 0 Å². The second-order valence-corrected chi connectivity index (χ2v) is 6.22. The zero-order valence-electron chi connectivity index (χ0n) is 10.9. The highest BCUT2D eigenvalue weighted by Gasteiger charge is 2.73. The molecule has 0 spiro atoms. The highest BCUT2D eigenvalue weighted by molar-refractivity contribution is 5.87. The van der Waals surface area contributed by atoms with E-state index in [1.54, 1.807) is 6.92 Å². The first-order valence-corrected chi connectivity index (χ1v) is 6.43. The summed E-state index contributed by atoms with van der Waals surface area (Å²) in [7, 11) is 0. The van der Waals surface area contributed by atoms with E-state index in [1.165, 1.54) is 0 Å². The van der Waals surface area contributed by atoms with Gasteiger partial charge in [-0.1, -0.05) is 20.4 Å². The highest BCUT2D eigenvalue weighted by Crippen LogP contribution is 2.65. The Labute approximate surface area is 106 Å². The number of ether oxygens (including phenoxy) is 2. The number of hydrogen-bond donors (Lipinski definition) is 0. The van der Waals surface area contributed by atoms with Crippen LogP contribution < -0.4 is 0 Å². The standard InChI is InChI=1S/C14H18O4/c1-6(2)12(15)17-10-8-5-14(4)9(7(8)3)13(16)18-11(10)14/h7-11H,1,5H2,2-4H3. The molecule has 18 heavy (non-hydrogen) atoms. The summed E-state index contributed by atoms with van der Waals surface area (Å²) in [5.41, 5.74) is 0.234. The third-order valence-electron chi connectivity index (χ3n) is 5.05. The maximum absolute atomic E-state index is 11.9. The molecule has 1 heterocycles. The van der Waals surface area contributed by atoms with E-state index in [0.29, 0.717) is 5.57 Å². The molecule has 4 nitrogen and oxygen atoms in total. The van der Waals surface area contributed by atoms with Gasteiger partial charge >= 0.3 is 11.9 Å². The van der Waals surface area contributed by atoms with Gasteiger partial charge in [0.1, 0.15) is 12.2 Å². The molecule has 6 atom stereocenters. The Morgan fingerprint density at radius 1 is 1.56 bits per heavy atom. The van der Waals surface area contributed by atoms with Crippen LogP contribution in [0.15, 0.2) is 12.2 Å². The predicted molar refractivity (Wildman–Crippen MR) is 63.4 cm³/mol. The third-order valence-corrected chi connectivity index (χ3v) is 5.05. The first-order valence-electron chi connectivity index (χ1n) is 6.43. The summed E-state index contributed by atoms with van der Waals surface area (Å²) in [6, 6.07) is 0. The number of fused-ring (bicyclic) bond motifs is 1. The zero-order chi connectivity index (χ0) is 13.2. The number of esters is 2. The van der Waals surface area contributed by atoms with Crippen molar-refractivity contribution in [3.05, 3.63) is 12.2 Å². The quantitative estimate of drug-likeness (QED) is 0.553. The third kappa shape index (κ3) is 1.21. The average Bonchev–Trinajstić information content (AvgIpc) is 2.75. The molecule has 3 fully saturated rings. The Kier molecular flexibility index (Phi) is 2.20. The summed E-state index contributed by atoms with van der Waals surface area (Å²) in [5.74, 6) is -0.0644. The van der Waals surface area contributed by atoms with Gasteiger partial charge in [-0.3, -0.25) is 4.79 Å². The van der Waals surface area contributed by atoms with Crippen LogP contribution in [0.5, 0.6) is 0 Å². The van der Waals surface area contributed by atoms with Crippen molar-refractivity contribution < 1.29 is 19.1 Å². The Morgan fingerprint density at radius 3 is 2.83 bits per heavy atom. The molecule has 1 aliphatic heterocycles. The number of rotatable bonds is 2. The van der Waals surface area contributed by atoms with Gasteiger partial charge in [0, 0.05) is 16.9 Å². The summed E-state index contributed by atoms with van der Waals surface area (Å²) >= 11 is 0. The summed E-state index contributed by atoms with van der Waals surface area (Å²) in [6.07, 6.45) is 0.347. The molecule has 1 saturated heterocycles. The molecule has 4 heteroatoms. The lowest BCUT2D eigenvalue weighted by Crippen LogP contribution is -2.44. The average molecular weight is 250 g/mol.